The van der Waals surface area contributed by atoms with Crippen LogP contribution in [-0.2, 0) is 14.3 Å². The summed E-state index contributed by atoms with van der Waals surface area (Å²) in [5.41, 5.74) is 0.344. The largest absolute Gasteiger partial charge is 0.507 e. The molecule has 5 rings (SSSR count). The van der Waals surface area contributed by atoms with Gasteiger partial charge in [0, 0.05) is 18.2 Å². The number of hydrogen-bond donors (Lipinski definition) is 4. The van der Waals surface area contributed by atoms with Crippen LogP contribution in [0.2, 0.25) is 0 Å². The molecule has 1 saturated heterocycles. The van der Waals surface area contributed by atoms with Gasteiger partial charge in [-0.1, -0.05) is 42.5 Å². The molecule has 2 heterocycles. The number of carbonyl (C=O) groups excluding carboxylic acids is 1. The van der Waals surface area contributed by atoms with Crippen molar-refractivity contribution in [2.45, 2.75) is 30.7 Å². The van der Waals surface area contributed by atoms with E-state index in [1.54, 1.807) is 42.5 Å². The summed E-state index contributed by atoms with van der Waals surface area (Å²) in [6.07, 6.45) is -4.92. The van der Waals surface area contributed by atoms with Crippen molar-refractivity contribution in [2.24, 2.45) is 0 Å². The van der Waals surface area contributed by atoms with Crippen LogP contribution < -0.4 is 19.6 Å². The van der Waals surface area contributed by atoms with Gasteiger partial charge in [-0.15, -0.1) is 0 Å². The van der Waals surface area contributed by atoms with Gasteiger partial charge in [-0.25, -0.2) is 4.79 Å². The zero-order valence-corrected chi connectivity index (χ0v) is 23.7. The zero-order valence-electron chi connectivity index (χ0n) is 23.7. The molecule has 1 fully saturated rings. The number of hydrogen-bond acceptors (Lipinski definition) is 12. The zero-order chi connectivity index (χ0) is 31.4. The highest BCUT2D eigenvalue weighted by Gasteiger charge is 2.47. The second-order valence-electron chi connectivity index (χ2n) is 9.78. The van der Waals surface area contributed by atoms with E-state index < -0.39 is 48.7 Å². The van der Waals surface area contributed by atoms with Crippen LogP contribution >= 0.6 is 0 Å². The first-order valence-electron chi connectivity index (χ1n) is 13.5. The summed E-state index contributed by atoms with van der Waals surface area (Å²) in [6, 6.07) is 17.7. The van der Waals surface area contributed by atoms with Gasteiger partial charge in [-0.2, -0.15) is 0 Å². The topological polar surface area (TPSA) is 174 Å². The number of fused-ring (bicyclic) bond motifs is 1. The average molecular weight is 607 g/mol. The Morgan fingerprint density at radius 3 is 2.39 bits per heavy atom. The van der Waals surface area contributed by atoms with Crippen LogP contribution in [0.4, 0.5) is 0 Å². The smallest absolute Gasteiger partial charge is 0.331 e. The maximum Gasteiger partial charge on any atom is 0.331 e. The number of carbonyl (C=O) groups is 1. The Morgan fingerprint density at radius 2 is 1.68 bits per heavy atom. The van der Waals surface area contributed by atoms with Crippen molar-refractivity contribution >= 4 is 23.0 Å². The first kappa shape index (κ1) is 30.6. The van der Waals surface area contributed by atoms with Crippen molar-refractivity contribution in [1.29, 1.82) is 0 Å². The standard InChI is InChI=1S/C32H30O12/c1-39-23-15-20(35)26-19(34)14-22(41-31(26)30(23)40-2)18-10-6-7-11-21(18)42-32-28(38)27(37)29(24(16-33)43-32)44-25(36)13-12-17-8-4-3-5-9-17/h3-15,24,27-29,32-33,35,37-38H,16H2,1-2H3/t24-,27-,28-,29-,32-/m1/s1. The summed E-state index contributed by atoms with van der Waals surface area (Å²) in [5, 5.41) is 42.0. The number of phenols is 1. The number of benzene rings is 3. The van der Waals surface area contributed by atoms with Crippen LogP contribution in [0.15, 0.2) is 82.0 Å². The fourth-order valence-electron chi connectivity index (χ4n) is 4.84. The third-order valence-corrected chi connectivity index (χ3v) is 7.01. The first-order chi connectivity index (χ1) is 21.2. The molecule has 44 heavy (non-hydrogen) atoms. The lowest BCUT2D eigenvalue weighted by Gasteiger charge is -2.41. The van der Waals surface area contributed by atoms with Gasteiger partial charge in [0.25, 0.3) is 0 Å². The molecule has 4 N–H and O–H groups in total. The van der Waals surface area contributed by atoms with Crippen LogP contribution in [-0.4, -0.2) is 77.9 Å². The minimum Gasteiger partial charge on any atom is -0.507 e. The Hall–Kier alpha value is -4.88. The van der Waals surface area contributed by atoms with Gasteiger partial charge in [0.15, 0.2) is 22.9 Å². The average Bonchev–Trinajstić information content (AvgIpc) is 3.03. The fourth-order valence-corrected chi connectivity index (χ4v) is 4.84. The lowest BCUT2D eigenvalue weighted by atomic mass is 9.99. The molecule has 12 heteroatoms. The lowest BCUT2D eigenvalue weighted by molar-refractivity contribution is -0.280. The molecule has 0 bridgehead atoms. The highest BCUT2D eigenvalue weighted by atomic mass is 16.7. The van der Waals surface area contributed by atoms with Gasteiger partial charge in [0.05, 0.1) is 26.4 Å². The van der Waals surface area contributed by atoms with E-state index in [1.165, 1.54) is 32.4 Å². The normalized spacial score (nSPS) is 21.7. The molecular weight excluding hydrogens is 576 g/mol. The maximum atomic E-state index is 13.1. The molecule has 0 radical (unpaired) electrons. The second-order valence-corrected chi connectivity index (χ2v) is 9.78. The Balaban J connectivity index is 1.41. The minimum atomic E-state index is -1.72. The molecule has 12 nitrogen and oxygen atoms in total. The van der Waals surface area contributed by atoms with Crippen molar-refractivity contribution in [1.82, 2.24) is 0 Å². The summed E-state index contributed by atoms with van der Waals surface area (Å²) >= 11 is 0. The monoisotopic (exact) mass is 606 g/mol. The van der Waals surface area contributed by atoms with Crippen LogP contribution in [0.1, 0.15) is 5.56 Å². The number of aliphatic hydroxyl groups excluding tert-OH is 3. The molecule has 0 aliphatic carbocycles. The minimum absolute atomic E-state index is 0.0191. The molecule has 0 amide bonds. The summed E-state index contributed by atoms with van der Waals surface area (Å²) in [6.45, 7) is -0.670. The van der Waals surface area contributed by atoms with E-state index in [0.29, 0.717) is 0 Å². The number of esters is 1. The third kappa shape index (κ3) is 6.10. The Labute approximate surface area is 250 Å². The molecule has 4 aromatic rings. The Morgan fingerprint density at radius 1 is 0.955 bits per heavy atom. The van der Waals surface area contributed by atoms with Gasteiger partial charge in [0.2, 0.25) is 12.0 Å². The number of ether oxygens (including phenoxy) is 5. The van der Waals surface area contributed by atoms with E-state index in [-0.39, 0.29) is 45.3 Å². The van der Waals surface area contributed by atoms with Crippen LogP contribution in [0.5, 0.6) is 23.0 Å². The number of para-hydroxylation sites is 1. The molecule has 0 spiro atoms. The summed E-state index contributed by atoms with van der Waals surface area (Å²) in [5.74, 6) is -0.870. The Bertz CT molecular complexity index is 1710. The third-order valence-electron chi connectivity index (χ3n) is 7.01. The van der Waals surface area contributed by atoms with E-state index in [1.807, 2.05) is 6.07 Å². The van der Waals surface area contributed by atoms with Crippen LogP contribution in [0.3, 0.4) is 0 Å². The first-order valence-corrected chi connectivity index (χ1v) is 13.5. The lowest BCUT2D eigenvalue weighted by Crippen LogP contribution is -2.61. The van der Waals surface area contributed by atoms with Gasteiger partial charge < -0.3 is 48.5 Å². The van der Waals surface area contributed by atoms with E-state index in [2.05, 4.69) is 0 Å². The van der Waals surface area contributed by atoms with Crippen molar-refractivity contribution in [3.8, 4) is 34.3 Å². The maximum absolute atomic E-state index is 13.1. The molecule has 5 atom stereocenters. The molecule has 3 aromatic carbocycles. The van der Waals surface area contributed by atoms with Gasteiger partial charge in [0.1, 0.15) is 41.0 Å². The molecule has 1 aliphatic heterocycles. The quantitative estimate of drug-likeness (QED) is 0.162. The SMILES string of the molecule is COc1cc(O)c2c(=O)cc(-c3ccccc3O[C@@H]3O[C@H](CO)[C@@H](OC(=O)C=Cc4ccccc4)[C@H](O)[C@H]3O)oc2c1OC. The van der Waals surface area contributed by atoms with E-state index in [9.17, 15) is 30.0 Å². The molecule has 230 valence electrons. The van der Waals surface area contributed by atoms with Crippen LogP contribution in [0, 0.1) is 0 Å². The van der Waals surface area contributed by atoms with E-state index >= 15 is 0 Å². The number of rotatable bonds is 9. The fraction of sp³-hybridized carbons (Fsp3) is 0.250. The number of methoxy groups -OCH3 is 2. The predicted molar refractivity (Wildman–Crippen MR) is 156 cm³/mol. The van der Waals surface area contributed by atoms with Gasteiger partial charge >= 0.3 is 5.97 Å². The van der Waals surface area contributed by atoms with E-state index in [4.69, 9.17) is 28.1 Å². The molecule has 0 unspecified atom stereocenters. The van der Waals surface area contributed by atoms with Crippen molar-refractivity contribution in [3.63, 3.8) is 0 Å². The van der Waals surface area contributed by atoms with Crippen LogP contribution in [0.25, 0.3) is 28.4 Å². The van der Waals surface area contributed by atoms with Crippen molar-refractivity contribution in [2.75, 3.05) is 20.8 Å². The summed E-state index contributed by atoms with van der Waals surface area (Å²) in [7, 11) is 2.72. The number of aromatic hydroxyl groups is 1. The molecule has 1 aliphatic rings. The van der Waals surface area contributed by atoms with Gasteiger partial charge in [-0.3, -0.25) is 4.79 Å². The summed E-state index contributed by atoms with van der Waals surface area (Å²) < 4.78 is 33.6. The van der Waals surface area contributed by atoms with E-state index in [0.717, 1.165) is 17.7 Å². The predicted octanol–water partition coefficient (Wildman–Crippen LogP) is 2.63. The molecule has 1 aromatic heterocycles. The van der Waals surface area contributed by atoms with Gasteiger partial charge in [-0.05, 0) is 23.8 Å². The van der Waals surface area contributed by atoms with Crippen molar-refractivity contribution in [3.05, 3.63) is 88.6 Å². The highest BCUT2D eigenvalue weighted by molar-refractivity contribution is 5.92. The molecular formula is C32H30O12. The second kappa shape index (κ2) is 13.2. The number of phenolic OH excluding ortho intramolecular Hbond substituents is 1. The Kier molecular flexibility index (Phi) is 9.16. The highest BCUT2D eigenvalue weighted by Crippen LogP contribution is 2.42. The summed E-state index contributed by atoms with van der Waals surface area (Å²) in [4.78, 5) is 25.5. The number of aliphatic hydroxyl groups is 3. The molecule has 0 saturated carbocycles. The van der Waals surface area contributed by atoms with Crippen molar-refractivity contribution < 1.29 is 53.3 Å².